The Morgan fingerprint density at radius 2 is 1.57 bits per heavy atom. The predicted molar refractivity (Wildman–Crippen MR) is 38.4 cm³/mol. The van der Waals surface area contributed by atoms with Crippen molar-refractivity contribution in [3.05, 3.63) is 0 Å². The van der Waals surface area contributed by atoms with Gasteiger partial charge in [0.15, 0.2) is 0 Å². The molecule has 0 saturated carbocycles. The summed E-state index contributed by atoms with van der Waals surface area (Å²) in [5.74, 6) is -3.10. The van der Waals surface area contributed by atoms with Crippen molar-refractivity contribution in [1.29, 1.82) is 0 Å². The van der Waals surface area contributed by atoms with E-state index in [0.29, 0.717) is 6.42 Å². The first kappa shape index (κ1) is 17.7. The summed E-state index contributed by atoms with van der Waals surface area (Å²) in [5.41, 5.74) is 0. The molecule has 0 spiro atoms. The Morgan fingerprint density at radius 1 is 1.14 bits per heavy atom. The summed E-state index contributed by atoms with van der Waals surface area (Å²) in [4.78, 5) is 0. The number of hydrogen-bond acceptors (Lipinski definition) is 0. The summed E-state index contributed by atoms with van der Waals surface area (Å²) in [7, 11) is 0. The largest absolute Gasteiger partial charge is 1.00 e. The fourth-order valence-electron chi connectivity index (χ4n) is 0.991. The van der Waals surface area contributed by atoms with Gasteiger partial charge in [0, 0.05) is 5.82 Å². The molecule has 14 heavy (non-hydrogen) atoms. The molecule has 8 heteroatoms. The molecule has 0 rings (SSSR count). The van der Waals surface area contributed by atoms with Crippen molar-refractivity contribution in [3.8, 4) is 0 Å². The van der Waals surface area contributed by atoms with E-state index in [1.54, 1.807) is 6.92 Å². The van der Waals surface area contributed by atoms with Crippen molar-refractivity contribution in [2.24, 2.45) is 0 Å². The van der Waals surface area contributed by atoms with Crippen molar-refractivity contribution >= 4 is 6.98 Å². The molecule has 0 aromatic carbocycles. The van der Waals surface area contributed by atoms with Crippen LogP contribution in [0.5, 0.6) is 0 Å². The van der Waals surface area contributed by atoms with Gasteiger partial charge in [-0.05, 0) is 0 Å². The quantitative estimate of drug-likeness (QED) is 0.512. The summed E-state index contributed by atoms with van der Waals surface area (Å²) < 4.78 is 71.2. The molecule has 0 heterocycles. The van der Waals surface area contributed by atoms with Gasteiger partial charge in [-0.1, -0.05) is 26.2 Å². The van der Waals surface area contributed by atoms with Gasteiger partial charge < -0.3 is 12.9 Å². The first-order chi connectivity index (χ1) is 5.69. The molecule has 0 aromatic heterocycles. The van der Waals surface area contributed by atoms with Crippen LogP contribution in [0.25, 0.3) is 0 Å². The van der Waals surface area contributed by atoms with Crippen LogP contribution in [0, 0.1) is 0 Å². The third-order valence-electron chi connectivity index (χ3n) is 1.75. The average molecular weight is 246 g/mol. The maximum atomic E-state index is 11.9. The second-order valence-corrected chi connectivity index (χ2v) is 2.92. The molecular formula is C6H10BF6K. The fraction of sp³-hybridized carbons (Fsp3) is 1.00. The van der Waals surface area contributed by atoms with Crippen LogP contribution in [0.3, 0.4) is 0 Å². The Bertz CT molecular complexity index is 139. The molecule has 80 valence electrons. The second-order valence-electron chi connectivity index (χ2n) is 2.92. The Labute approximate surface area is 121 Å². The number of unbranched alkanes of at least 4 members (excludes halogenated alkanes) is 1. The molecular weight excluding hydrogens is 236 g/mol. The van der Waals surface area contributed by atoms with E-state index < -0.39 is 25.4 Å². The molecule has 0 radical (unpaired) electrons. The zero-order valence-corrected chi connectivity index (χ0v) is 11.2. The van der Waals surface area contributed by atoms with Gasteiger partial charge in [0.05, 0.1) is 0 Å². The van der Waals surface area contributed by atoms with E-state index in [1.165, 1.54) is 0 Å². The van der Waals surface area contributed by atoms with Crippen LogP contribution in [-0.2, 0) is 0 Å². The van der Waals surface area contributed by atoms with Crippen LogP contribution in [0.4, 0.5) is 26.1 Å². The maximum absolute atomic E-state index is 11.9. The maximum Gasteiger partial charge on any atom is 1.00 e. The normalized spacial score (nSPS) is 14.8. The van der Waals surface area contributed by atoms with E-state index in [2.05, 4.69) is 0 Å². The van der Waals surface area contributed by atoms with Gasteiger partial charge in [0.2, 0.25) is 0 Å². The van der Waals surface area contributed by atoms with Gasteiger partial charge in [0.1, 0.15) is 0 Å². The number of hydrogen-bond donors (Lipinski definition) is 0. The van der Waals surface area contributed by atoms with Gasteiger partial charge in [-0.3, -0.25) is 0 Å². The Hall–Kier alpha value is 1.28. The number of rotatable bonds is 4. The molecule has 0 saturated heterocycles. The minimum Gasteiger partial charge on any atom is -0.448 e. The SMILES string of the molecule is CCCCC([B-](F)(F)F)C(F)(F)F.[K+]. The third kappa shape index (κ3) is 6.71. The zero-order valence-electron chi connectivity index (χ0n) is 8.04. The van der Waals surface area contributed by atoms with Crippen LogP contribution in [0.1, 0.15) is 26.2 Å². The van der Waals surface area contributed by atoms with Crippen LogP contribution >= 0.6 is 0 Å². The van der Waals surface area contributed by atoms with Crippen LogP contribution in [0.15, 0.2) is 0 Å². The van der Waals surface area contributed by atoms with E-state index in [-0.39, 0.29) is 57.8 Å². The third-order valence-corrected chi connectivity index (χ3v) is 1.75. The van der Waals surface area contributed by atoms with Gasteiger partial charge in [0.25, 0.3) is 0 Å². The first-order valence-corrected chi connectivity index (χ1v) is 3.96. The molecule has 0 aliphatic heterocycles. The Morgan fingerprint density at radius 3 is 1.79 bits per heavy atom. The molecule has 0 aliphatic rings. The summed E-state index contributed by atoms with van der Waals surface area (Å²) >= 11 is 0. The summed E-state index contributed by atoms with van der Waals surface area (Å²) in [5, 5.41) is 0. The average Bonchev–Trinajstić information content (AvgIpc) is 1.81. The van der Waals surface area contributed by atoms with Crippen molar-refractivity contribution in [1.82, 2.24) is 0 Å². The van der Waals surface area contributed by atoms with Gasteiger partial charge >= 0.3 is 64.5 Å². The fourth-order valence-corrected chi connectivity index (χ4v) is 0.991. The van der Waals surface area contributed by atoms with Gasteiger partial charge in [-0.2, -0.15) is 13.2 Å². The van der Waals surface area contributed by atoms with Crippen LogP contribution in [0.2, 0.25) is 5.82 Å². The molecule has 1 atom stereocenters. The molecule has 0 aromatic rings. The summed E-state index contributed by atoms with van der Waals surface area (Å²) in [6.07, 6.45) is -5.71. The zero-order chi connectivity index (χ0) is 10.7. The topological polar surface area (TPSA) is 0 Å². The molecule has 1 unspecified atom stereocenters. The number of halogens is 6. The standard InChI is InChI=1S/C6H10BF6.K/c1-2-3-4-5(6(8,9)10)7(11,12)13;/h5H,2-4H2,1H3;/q-1;+1. The minimum absolute atomic E-state index is 0. The summed E-state index contributed by atoms with van der Waals surface area (Å²) in [6, 6.07) is 0. The number of alkyl halides is 3. The van der Waals surface area contributed by atoms with Crippen LogP contribution in [-0.4, -0.2) is 13.2 Å². The van der Waals surface area contributed by atoms with Gasteiger partial charge in [-0.25, -0.2) is 0 Å². The Balaban J connectivity index is 0. The monoisotopic (exact) mass is 246 g/mol. The Kier molecular flexibility index (Phi) is 8.55. The molecule has 0 bridgehead atoms. The summed E-state index contributed by atoms with van der Waals surface area (Å²) in [6.45, 7) is -4.26. The van der Waals surface area contributed by atoms with E-state index in [1.807, 2.05) is 0 Å². The molecule has 0 N–H and O–H groups in total. The van der Waals surface area contributed by atoms with E-state index in [4.69, 9.17) is 0 Å². The second kappa shape index (κ2) is 6.78. The van der Waals surface area contributed by atoms with Gasteiger partial charge in [-0.15, -0.1) is 0 Å². The van der Waals surface area contributed by atoms with E-state index in [9.17, 15) is 26.1 Å². The molecule has 0 amide bonds. The molecule has 0 aliphatic carbocycles. The van der Waals surface area contributed by atoms with Crippen molar-refractivity contribution in [2.45, 2.75) is 38.2 Å². The van der Waals surface area contributed by atoms with E-state index in [0.717, 1.165) is 0 Å². The van der Waals surface area contributed by atoms with Crippen molar-refractivity contribution in [3.63, 3.8) is 0 Å². The molecule has 0 fully saturated rings. The van der Waals surface area contributed by atoms with Crippen LogP contribution < -0.4 is 51.4 Å². The van der Waals surface area contributed by atoms with Crippen molar-refractivity contribution in [2.75, 3.05) is 0 Å². The first-order valence-electron chi connectivity index (χ1n) is 3.96. The minimum atomic E-state index is -5.81. The molecule has 0 nitrogen and oxygen atoms in total. The van der Waals surface area contributed by atoms with Crippen molar-refractivity contribution < 1.29 is 77.5 Å². The van der Waals surface area contributed by atoms with E-state index >= 15 is 0 Å². The predicted octanol–water partition coefficient (Wildman–Crippen LogP) is 0.960. The smallest absolute Gasteiger partial charge is 0.448 e.